The molecule has 12 heteroatoms. The van der Waals surface area contributed by atoms with Gasteiger partial charge in [0, 0.05) is 44.5 Å². The summed E-state index contributed by atoms with van der Waals surface area (Å²) in [5.41, 5.74) is 1.31. The van der Waals surface area contributed by atoms with Crippen LogP contribution in [0.5, 0.6) is 0 Å². The summed E-state index contributed by atoms with van der Waals surface area (Å²) in [5, 5.41) is 25.5. The summed E-state index contributed by atoms with van der Waals surface area (Å²) >= 11 is 0. The maximum absolute atomic E-state index is 14.4. The van der Waals surface area contributed by atoms with Crippen molar-refractivity contribution >= 4 is 29.7 Å². The van der Waals surface area contributed by atoms with Crippen LogP contribution in [0.3, 0.4) is 0 Å². The van der Waals surface area contributed by atoms with E-state index in [1.165, 1.54) is 12.1 Å². The minimum Gasteiger partial charge on any atom is -0.395 e. The Morgan fingerprint density at radius 1 is 1.17 bits per heavy atom. The van der Waals surface area contributed by atoms with Crippen LogP contribution in [0.1, 0.15) is 36.8 Å². The molecule has 1 amide bonds. The fraction of sp³-hybridized carbons (Fsp3) is 0.379. The van der Waals surface area contributed by atoms with E-state index in [1.807, 2.05) is 26.8 Å². The molecule has 218 valence electrons. The molecule has 0 spiro atoms. The Kier molecular flexibility index (Phi) is 9.14. The lowest BCUT2D eigenvalue weighted by Gasteiger charge is -2.30. The molecule has 1 aromatic heterocycles. The fourth-order valence-electron chi connectivity index (χ4n) is 5.20. The Morgan fingerprint density at radius 2 is 1.88 bits per heavy atom. The van der Waals surface area contributed by atoms with Gasteiger partial charge in [0.1, 0.15) is 11.4 Å². The number of halogens is 2. The molecular weight excluding hydrogens is 532 g/mol. The monoisotopic (exact) mass is 567 g/mol. The lowest BCUT2D eigenvalue weighted by Crippen LogP contribution is -2.37. The molecular formula is C29H35F2N7O3. The summed E-state index contributed by atoms with van der Waals surface area (Å²) in [4.78, 5) is 28.0. The first kappa shape index (κ1) is 29.8. The number of hydrazone groups is 1. The molecule has 2 heterocycles. The Bertz CT molecular complexity index is 1470. The molecule has 0 radical (unpaired) electrons. The number of aliphatic hydroxyl groups excluding tert-OH is 1. The highest BCUT2D eigenvalue weighted by Crippen LogP contribution is 2.40. The minimum atomic E-state index is -0.983. The van der Waals surface area contributed by atoms with Crippen LogP contribution in [0.2, 0.25) is 0 Å². The van der Waals surface area contributed by atoms with Gasteiger partial charge in [-0.15, -0.1) is 0 Å². The molecule has 0 aliphatic carbocycles. The van der Waals surface area contributed by atoms with Crippen molar-refractivity contribution in [1.29, 1.82) is 0 Å². The zero-order valence-electron chi connectivity index (χ0n) is 23.6. The van der Waals surface area contributed by atoms with Crippen molar-refractivity contribution in [2.45, 2.75) is 39.8 Å². The van der Waals surface area contributed by atoms with E-state index >= 15 is 0 Å². The molecule has 3 N–H and O–H groups in total. The standard InChI is InChI=1S/C29H35F2N7O3/c1-17(2)37(32-5)25-11-9-22(27(19(25)4)36-15-18(3)24(16-36)33-13-14-39)34-29(41)23-10-12-26(40)38(35-23)28-20(30)7-6-8-21(28)31/h6-12,17-18,24,33,39H,5,13-16H2,1-4H3,(H,34,41)/t18-,24+/m1/s1. The third-order valence-electron chi connectivity index (χ3n) is 7.17. The molecule has 1 saturated heterocycles. The maximum Gasteiger partial charge on any atom is 0.276 e. The second-order valence-corrected chi connectivity index (χ2v) is 10.3. The number of aromatic nitrogens is 2. The Hall–Kier alpha value is -4.16. The van der Waals surface area contributed by atoms with Crippen molar-refractivity contribution in [2.24, 2.45) is 11.0 Å². The summed E-state index contributed by atoms with van der Waals surface area (Å²) in [6.07, 6.45) is 0. The number of carbonyl (C=O) groups is 1. The molecule has 1 aliphatic heterocycles. The molecule has 1 fully saturated rings. The summed E-state index contributed by atoms with van der Waals surface area (Å²) < 4.78 is 29.4. The van der Waals surface area contributed by atoms with Crippen LogP contribution < -0.4 is 26.1 Å². The Labute approximate surface area is 237 Å². The predicted molar refractivity (Wildman–Crippen MR) is 156 cm³/mol. The lowest BCUT2D eigenvalue weighted by atomic mass is 10.1. The molecule has 4 rings (SSSR count). The molecule has 2 aromatic carbocycles. The Balaban J connectivity index is 1.74. The van der Waals surface area contributed by atoms with Gasteiger partial charge in [0.25, 0.3) is 11.5 Å². The number of hydrogen-bond acceptors (Lipinski definition) is 8. The van der Waals surface area contributed by atoms with Crippen molar-refractivity contribution in [3.05, 3.63) is 75.7 Å². The quantitative estimate of drug-likeness (QED) is 0.254. The first-order valence-electron chi connectivity index (χ1n) is 13.4. The number of rotatable bonds is 10. The second kappa shape index (κ2) is 12.6. The highest BCUT2D eigenvalue weighted by atomic mass is 19.1. The minimum absolute atomic E-state index is 0.0271. The number of amides is 1. The van der Waals surface area contributed by atoms with E-state index in [1.54, 1.807) is 11.1 Å². The number of nitrogens with one attached hydrogen (secondary N) is 2. The fourth-order valence-corrected chi connectivity index (χ4v) is 5.20. The smallest absolute Gasteiger partial charge is 0.276 e. The third kappa shape index (κ3) is 6.13. The summed E-state index contributed by atoms with van der Waals surface area (Å²) in [5.74, 6) is -2.37. The first-order valence-corrected chi connectivity index (χ1v) is 13.4. The second-order valence-electron chi connectivity index (χ2n) is 10.3. The van der Waals surface area contributed by atoms with Crippen LogP contribution in [-0.2, 0) is 0 Å². The van der Waals surface area contributed by atoms with Crippen LogP contribution in [-0.4, -0.2) is 65.8 Å². The van der Waals surface area contributed by atoms with Crippen LogP contribution in [0.15, 0.2) is 52.4 Å². The van der Waals surface area contributed by atoms with E-state index in [0.29, 0.717) is 30.0 Å². The van der Waals surface area contributed by atoms with Crippen LogP contribution >= 0.6 is 0 Å². The largest absolute Gasteiger partial charge is 0.395 e. The molecule has 2 atom stereocenters. The van der Waals surface area contributed by atoms with E-state index in [0.717, 1.165) is 35.1 Å². The number of benzene rings is 2. The summed E-state index contributed by atoms with van der Waals surface area (Å²) in [7, 11) is 0. The predicted octanol–water partition coefficient (Wildman–Crippen LogP) is 3.31. The van der Waals surface area contributed by atoms with E-state index in [9.17, 15) is 23.5 Å². The van der Waals surface area contributed by atoms with Gasteiger partial charge in [-0.25, -0.2) is 8.78 Å². The molecule has 41 heavy (non-hydrogen) atoms. The normalized spacial score (nSPS) is 16.7. The van der Waals surface area contributed by atoms with Gasteiger partial charge >= 0.3 is 0 Å². The number of carbonyl (C=O) groups excluding carboxylic acids is 1. The van der Waals surface area contributed by atoms with Gasteiger partial charge in [0.05, 0.1) is 23.7 Å². The lowest BCUT2D eigenvalue weighted by molar-refractivity contribution is 0.102. The van der Waals surface area contributed by atoms with E-state index in [4.69, 9.17) is 0 Å². The van der Waals surface area contributed by atoms with E-state index in [-0.39, 0.29) is 30.3 Å². The zero-order chi connectivity index (χ0) is 29.8. The first-order chi connectivity index (χ1) is 19.6. The van der Waals surface area contributed by atoms with Gasteiger partial charge in [0.15, 0.2) is 11.6 Å². The molecule has 0 bridgehead atoms. The average molecular weight is 568 g/mol. The Morgan fingerprint density at radius 3 is 2.51 bits per heavy atom. The zero-order valence-corrected chi connectivity index (χ0v) is 23.6. The number of nitrogens with zero attached hydrogens (tertiary/aromatic N) is 5. The van der Waals surface area contributed by atoms with Gasteiger partial charge in [0.2, 0.25) is 0 Å². The third-order valence-corrected chi connectivity index (χ3v) is 7.17. The molecule has 0 unspecified atom stereocenters. The number of aliphatic hydroxyl groups is 1. The summed E-state index contributed by atoms with van der Waals surface area (Å²) in [6, 6.07) is 9.20. The van der Waals surface area contributed by atoms with Gasteiger partial charge < -0.3 is 20.6 Å². The van der Waals surface area contributed by atoms with Gasteiger partial charge in [-0.3, -0.25) is 14.6 Å². The molecule has 1 aliphatic rings. The molecule has 10 nitrogen and oxygen atoms in total. The van der Waals surface area contributed by atoms with Crippen LogP contribution in [0.25, 0.3) is 5.69 Å². The van der Waals surface area contributed by atoms with Crippen molar-refractivity contribution in [1.82, 2.24) is 15.1 Å². The highest BCUT2D eigenvalue weighted by molar-refractivity contribution is 6.05. The van der Waals surface area contributed by atoms with Gasteiger partial charge in [-0.1, -0.05) is 13.0 Å². The van der Waals surface area contributed by atoms with Crippen LogP contribution in [0.4, 0.5) is 25.8 Å². The maximum atomic E-state index is 14.4. The van der Waals surface area contributed by atoms with E-state index in [2.05, 4.69) is 39.4 Å². The van der Waals surface area contributed by atoms with Crippen molar-refractivity contribution in [3.8, 4) is 5.69 Å². The number of hydrogen-bond donors (Lipinski definition) is 3. The van der Waals surface area contributed by atoms with Crippen molar-refractivity contribution in [3.63, 3.8) is 0 Å². The summed E-state index contributed by atoms with van der Waals surface area (Å²) in [6.45, 7) is 13.6. The van der Waals surface area contributed by atoms with Gasteiger partial charge in [-0.2, -0.15) is 14.9 Å². The number of para-hydroxylation sites is 1. The van der Waals surface area contributed by atoms with Crippen molar-refractivity contribution in [2.75, 3.05) is 41.5 Å². The topological polar surface area (TPSA) is 115 Å². The van der Waals surface area contributed by atoms with E-state index < -0.39 is 28.8 Å². The SMILES string of the molecule is C=NN(c1ccc(NC(=O)c2ccc(=O)n(-c3c(F)cccc3F)n2)c(N2C[C@@H](C)[C@@H](NCCO)C2)c1C)C(C)C. The van der Waals surface area contributed by atoms with Gasteiger partial charge in [-0.05, 0) is 62.6 Å². The van der Waals surface area contributed by atoms with Crippen molar-refractivity contribution < 1.29 is 18.7 Å². The number of anilines is 3. The molecule has 0 saturated carbocycles. The average Bonchev–Trinajstić information content (AvgIpc) is 3.29. The molecule has 3 aromatic rings. The highest BCUT2D eigenvalue weighted by Gasteiger charge is 2.32. The van der Waals surface area contributed by atoms with Crippen LogP contribution in [0, 0.1) is 24.5 Å².